The Balaban J connectivity index is 1.52. The number of carbonyl (C=O) groups is 1. The summed E-state index contributed by atoms with van der Waals surface area (Å²) in [5, 5.41) is 7.48. The van der Waals surface area contributed by atoms with Crippen LogP contribution in [-0.4, -0.2) is 53.0 Å². The minimum atomic E-state index is -0.0774. The molecule has 0 saturated carbocycles. The van der Waals surface area contributed by atoms with Gasteiger partial charge in [0.2, 0.25) is 0 Å². The SMILES string of the molecule is Cc1c(C(=O)N[C@@H]2CCOC[C@@H]2C2CCOCC2)cnc2ccnn12. The molecule has 0 aromatic carbocycles. The first-order valence-corrected chi connectivity index (χ1v) is 9.00. The minimum Gasteiger partial charge on any atom is -0.381 e. The predicted molar refractivity (Wildman–Crippen MR) is 91.4 cm³/mol. The molecule has 134 valence electrons. The molecule has 2 aromatic rings. The fourth-order valence-corrected chi connectivity index (χ4v) is 4.01. The average Bonchev–Trinajstić information content (AvgIpc) is 3.13. The van der Waals surface area contributed by atoms with Crippen molar-refractivity contribution < 1.29 is 14.3 Å². The highest BCUT2D eigenvalue weighted by molar-refractivity contribution is 5.95. The summed E-state index contributed by atoms with van der Waals surface area (Å²) in [5.74, 6) is 0.821. The van der Waals surface area contributed by atoms with Crippen LogP contribution in [-0.2, 0) is 9.47 Å². The molecule has 7 heteroatoms. The molecule has 2 fully saturated rings. The van der Waals surface area contributed by atoms with E-state index in [-0.39, 0.29) is 11.9 Å². The number of aromatic nitrogens is 3. The summed E-state index contributed by atoms with van der Waals surface area (Å²) < 4.78 is 12.9. The van der Waals surface area contributed by atoms with Crippen LogP contribution in [0.3, 0.4) is 0 Å². The van der Waals surface area contributed by atoms with E-state index in [0.717, 1.165) is 43.8 Å². The lowest BCUT2D eigenvalue weighted by Gasteiger charge is -2.39. The molecule has 2 aromatic heterocycles. The van der Waals surface area contributed by atoms with Crippen molar-refractivity contribution >= 4 is 11.6 Å². The van der Waals surface area contributed by atoms with Gasteiger partial charge in [0.15, 0.2) is 5.65 Å². The van der Waals surface area contributed by atoms with E-state index in [1.165, 1.54) is 0 Å². The van der Waals surface area contributed by atoms with Gasteiger partial charge < -0.3 is 14.8 Å². The van der Waals surface area contributed by atoms with E-state index in [9.17, 15) is 4.79 Å². The molecular formula is C18H24N4O3. The second kappa shape index (κ2) is 7.09. The lowest BCUT2D eigenvalue weighted by molar-refractivity contribution is -0.0259. The molecule has 7 nitrogen and oxygen atoms in total. The molecule has 1 amide bonds. The average molecular weight is 344 g/mol. The van der Waals surface area contributed by atoms with Crippen LogP contribution in [0.2, 0.25) is 0 Å². The van der Waals surface area contributed by atoms with Crippen molar-refractivity contribution in [3.05, 3.63) is 29.7 Å². The molecule has 2 aliphatic rings. The maximum absolute atomic E-state index is 12.9. The zero-order valence-electron chi connectivity index (χ0n) is 14.5. The van der Waals surface area contributed by atoms with Gasteiger partial charge in [-0.05, 0) is 32.1 Å². The molecule has 0 bridgehead atoms. The van der Waals surface area contributed by atoms with Gasteiger partial charge >= 0.3 is 0 Å². The molecule has 25 heavy (non-hydrogen) atoms. The van der Waals surface area contributed by atoms with Gasteiger partial charge in [-0.3, -0.25) is 4.79 Å². The summed E-state index contributed by atoms with van der Waals surface area (Å²) in [6.07, 6.45) is 6.27. The fraction of sp³-hybridized carbons (Fsp3) is 0.611. The molecule has 0 spiro atoms. The fourth-order valence-electron chi connectivity index (χ4n) is 4.01. The summed E-state index contributed by atoms with van der Waals surface area (Å²) in [5.41, 5.74) is 2.13. The molecule has 1 N–H and O–H groups in total. The quantitative estimate of drug-likeness (QED) is 0.915. The normalized spacial score (nSPS) is 25.2. The molecule has 0 radical (unpaired) electrons. The zero-order valence-corrected chi connectivity index (χ0v) is 14.5. The van der Waals surface area contributed by atoms with Gasteiger partial charge in [0.25, 0.3) is 5.91 Å². The number of hydrogen-bond acceptors (Lipinski definition) is 5. The minimum absolute atomic E-state index is 0.0774. The Labute approximate surface area is 146 Å². The number of nitrogens with zero attached hydrogens (tertiary/aromatic N) is 3. The van der Waals surface area contributed by atoms with Crippen LogP contribution < -0.4 is 5.32 Å². The number of amides is 1. The van der Waals surface area contributed by atoms with Crippen molar-refractivity contribution in [2.45, 2.75) is 32.2 Å². The van der Waals surface area contributed by atoms with Gasteiger partial charge in [0, 0.05) is 44.0 Å². The standard InChI is InChI=1S/C18H24N4O3/c1-12-14(10-19-17-2-6-20-22(12)17)18(23)21-16-5-9-25-11-15(16)13-3-7-24-8-4-13/h2,6,10,13,15-16H,3-5,7-9,11H2,1H3,(H,21,23)/t15-,16-/m1/s1. The summed E-state index contributed by atoms with van der Waals surface area (Å²) in [6.45, 7) is 4.92. The van der Waals surface area contributed by atoms with E-state index < -0.39 is 0 Å². The number of nitrogens with one attached hydrogen (secondary N) is 1. The van der Waals surface area contributed by atoms with Gasteiger partial charge in [-0.15, -0.1) is 0 Å². The number of rotatable bonds is 3. The molecule has 4 heterocycles. The third kappa shape index (κ3) is 3.26. The Bertz CT molecular complexity index is 754. The second-order valence-electron chi connectivity index (χ2n) is 6.92. The van der Waals surface area contributed by atoms with Crippen LogP contribution in [0.25, 0.3) is 5.65 Å². The van der Waals surface area contributed by atoms with Crippen molar-refractivity contribution in [1.82, 2.24) is 19.9 Å². The molecule has 4 rings (SSSR count). The third-order valence-electron chi connectivity index (χ3n) is 5.49. The first-order valence-electron chi connectivity index (χ1n) is 9.00. The molecular weight excluding hydrogens is 320 g/mol. The van der Waals surface area contributed by atoms with Crippen LogP contribution >= 0.6 is 0 Å². The Kier molecular flexibility index (Phi) is 4.67. The van der Waals surface area contributed by atoms with Gasteiger partial charge in [0.1, 0.15) is 0 Å². The number of ether oxygens (including phenoxy) is 2. The van der Waals surface area contributed by atoms with E-state index >= 15 is 0 Å². The van der Waals surface area contributed by atoms with E-state index in [2.05, 4.69) is 15.4 Å². The van der Waals surface area contributed by atoms with E-state index in [4.69, 9.17) is 9.47 Å². The van der Waals surface area contributed by atoms with Gasteiger partial charge in [-0.1, -0.05) is 0 Å². The van der Waals surface area contributed by atoms with E-state index in [1.807, 2.05) is 13.0 Å². The first-order chi connectivity index (χ1) is 12.2. The number of carbonyl (C=O) groups excluding carboxylic acids is 1. The lowest BCUT2D eigenvalue weighted by Crippen LogP contribution is -2.49. The summed E-state index contributed by atoms with van der Waals surface area (Å²) in [6, 6.07) is 1.96. The highest BCUT2D eigenvalue weighted by Gasteiger charge is 2.34. The van der Waals surface area contributed by atoms with Crippen molar-refractivity contribution in [1.29, 1.82) is 0 Å². The van der Waals surface area contributed by atoms with Crippen LogP contribution in [0, 0.1) is 18.8 Å². The number of fused-ring (bicyclic) bond motifs is 1. The maximum Gasteiger partial charge on any atom is 0.254 e. The van der Waals surface area contributed by atoms with Crippen molar-refractivity contribution in [2.75, 3.05) is 26.4 Å². The van der Waals surface area contributed by atoms with Crippen molar-refractivity contribution in [3.63, 3.8) is 0 Å². The Morgan fingerprint density at radius 2 is 2.04 bits per heavy atom. The third-order valence-corrected chi connectivity index (χ3v) is 5.49. The first kappa shape index (κ1) is 16.5. The summed E-state index contributed by atoms with van der Waals surface area (Å²) in [4.78, 5) is 17.2. The largest absolute Gasteiger partial charge is 0.381 e. The van der Waals surface area contributed by atoms with Crippen LogP contribution in [0.5, 0.6) is 0 Å². The topological polar surface area (TPSA) is 77.8 Å². The smallest absolute Gasteiger partial charge is 0.254 e. The van der Waals surface area contributed by atoms with E-state index in [0.29, 0.717) is 30.6 Å². The van der Waals surface area contributed by atoms with Crippen molar-refractivity contribution in [3.8, 4) is 0 Å². The van der Waals surface area contributed by atoms with Crippen LogP contribution in [0.1, 0.15) is 35.3 Å². The molecule has 0 aliphatic carbocycles. The number of hydrogen-bond donors (Lipinski definition) is 1. The Morgan fingerprint density at radius 3 is 2.88 bits per heavy atom. The van der Waals surface area contributed by atoms with E-state index in [1.54, 1.807) is 16.9 Å². The van der Waals surface area contributed by atoms with Crippen molar-refractivity contribution in [2.24, 2.45) is 11.8 Å². The van der Waals surface area contributed by atoms with Gasteiger partial charge in [-0.25, -0.2) is 9.50 Å². The number of aryl methyl sites for hydroxylation is 1. The monoisotopic (exact) mass is 344 g/mol. The molecule has 2 atom stereocenters. The predicted octanol–water partition coefficient (Wildman–Crippen LogP) is 1.60. The molecule has 2 aliphatic heterocycles. The van der Waals surface area contributed by atoms with Gasteiger partial charge in [-0.2, -0.15) is 5.10 Å². The highest BCUT2D eigenvalue weighted by atomic mass is 16.5. The molecule has 0 unspecified atom stereocenters. The van der Waals surface area contributed by atoms with Crippen LogP contribution in [0.4, 0.5) is 0 Å². The molecule has 2 saturated heterocycles. The highest BCUT2D eigenvalue weighted by Crippen LogP contribution is 2.30. The maximum atomic E-state index is 12.9. The summed E-state index contributed by atoms with van der Waals surface area (Å²) >= 11 is 0. The van der Waals surface area contributed by atoms with Gasteiger partial charge in [0.05, 0.1) is 24.1 Å². The second-order valence-corrected chi connectivity index (χ2v) is 6.92. The van der Waals surface area contributed by atoms with Crippen LogP contribution in [0.15, 0.2) is 18.5 Å². The summed E-state index contributed by atoms with van der Waals surface area (Å²) in [7, 11) is 0. The lowest BCUT2D eigenvalue weighted by atomic mass is 9.79. The Hall–Kier alpha value is -1.99. The zero-order chi connectivity index (χ0) is 17.2. The Morgan fingerprint density at radius 1 is 1.24 bits per heavy atom.